The van der Waals surface area contributed by atoms with E-state index in [1.807, 2.05) is 20.8 Å². The number of halogens is 1. The molecule has 11 heavy (non-hydrogen) atoms. The van der Waals surface area contributed by atoms with Crippen molar-refractivity contribution in [3.63, 3.8) is 0 Å². The van der Waals surface area contributed by atoms with Crippen molar-refractivity contribution >= 4 is 0 Å². The molecular weight excluding hydrogens is 143 g/mol. The molecule has 0 saturated carbocycles. The smallest absolute Gasteiger partial charge is 0.139 e. The van der Waals surface area contributed by atoms with Crippen molar-refractivity contribution < 1.29 is 9.13 Å². The van der Waals surface area contributed by atoms with Crippen LogP contribution in [-0.4, -0.2) is 17.9 Å². The summed E-state index contributed by atoms with van der Waals surface area (Å²) in [7, 11) is 0. The fourth-order valence-electron chi connectivity index (χ4n) is 1.70. The molecule has 1 saturated heterocycles. The Morgan fingerprint density at radius 2 is 2.00 bits per heavy atom. The Kier molecular flexibility index (Phi) is 2.24. The molecule has 0 bridgehead atoms. The molecule has 1 nitrogen and oxygen atoms in total. The molecule has 1 rings (SSSR count). The van der Waals surface area contributed by atoms with Crippen molar-refractivity contribution in [1.29, 1.82) is 0 Å². The van der Waals surface area contributed by atoms with Gasteiger partial charge in [-0.05, 0) is 20.3 Å². The summed E-state index contributed by atoms with van der Waals surface area (Å²) in [5.74, 6) is 0.0301. The van der Waals surface area contributed by atoms with Crippen LogP contribution < -0.4 is 0 Å². The monoisotopic (exact) mass is 160 g/mol. The van der Waals surface area contributed by atoms with E-state index in [1.165, 1.54) is 0 Å². The van der Waals surface area contributed by atoms with E-state index >= 15 is 0 Å². The lowest BCUT2D eigenvalue weighted by Gasteiger charge is -2.21. The van der Waals surface area contributed by atoms with Crippen molar-refractivity contribution in [2.45, 2.75) is 52.0 Å². The molecule has 1 unspecified atom stereocenters. The summed E-state index contributed by atoms with van der Waals surface area (Å²) in [6.07, 6.45) is 0.771. The van der Waals surface area contributed by atoms with Gasteiger partial charge in [-0.1, -0.05) is 13.8 Å². The van der Waals surface area contributed by atoms with Gasteiger partial charge in [0.1, 0.15) is 5.67 Å². The Morgan fingerprint density at radius 3 is 2.18 bits per heavy atom. The zero-order chi connectivity index (χ0) is 8.65. The topological polar surface area (TPSA) is 9.23 Å². The van der Waals surface area contributed by atoms with E-state index in [9.17, 15) is 4.39 Å². The van der Waals surface area contributed by atoms with E-state index < -0.39 is 5.67 Å². The lowest BCUT2D eigenvalue weighted by Crippen LogP contribution is -2.33. The molecule has 2 heteroatoms. The van der Waals surface area contributed by atoms with E-state index in [0.717, 1.165) is 6.42 Å². The number of hydrogen-bond donors (Lipinski definition) is 0. The average Bonchev–Trinajstić information content (AvgIpc) is 2.14. The molecule has 0 radical (unpaired) electrons. The van der Waals surface area contributed by atoms with Crippen molar-refractivity contribution in [1.82, 2.24) is 0 Å². The van der Waals surface area contributed by atoms with Gasteiger partial charge < -0.3 is 4.74 Å². The second kappa shape index (κ2) is 2.74. The summed E-state index contributed by atoms with van der Waals surface area (Å²) in [5.41, 5.74) is -1.14. The molecular formula is C9H17FO. The average molecular weight is 160 g/mol. The fraction of sp³-hybridized carbons (Fsp3) is 1.00. The summed E-state index contributed by atoms with van der Waals surface area (Å²) >= 11 is 0. The van der Waals surface area contributed by atoms with Crippen LogP contribution in [0, 0.1) is 5.92 Å². The van der Waals surface area contributed by atoms with Crippen LogP contribution in [0.3, 0.4) is 0 Å². The lowest BCUT2D eigenvalue weighted by molar-refractivity contribution is 0.0147. The third kappa shape index (κ3) is 1.28. The van der Waals surface area contributed by atoms with Crippen LogP contribution in [0.4, 0.5) is 4.39 Å². The molecule has 0 aliphatic carbocycles. The van der Waals surface area contributed by atoms with Crippen molar-refractivity contribution in [2.75, 3.05) is 0 Å². The van der Waals surface area contributed by atoms with Gasteiger partial charge in [0.05, 0.1) is 12.2 Å². The molecule has 1 aliphatic heterocycles. The molecule has 0 amide bonds. The molecule has 0 spiro atoms. The lowest BCUT2D eigenvalue weighted by atomic mass is 9.87. The van der Waals surface area contributed by atoms with Crippen LogP contribution in [0.25, 0.3) is 0 Å². The van der Waals surface area contributed by atoms with E-state index in [4.69, 9.17) is 4.74 Å². The zero-order valence-corrected chi connectivity index (χ0v) is 7.73. The number of ether oxygens (including phenoxy) is 1. The first-order valence-electron chi connectivity index (χ1n) is 4.34. The Balaban J connectivity index is 2.71. The van der Waals surface area contributed by atoms with Crippen LogP contribution in [0.1, 0.15) is 34.1 Å². The van der Waals surface area contributed by atoms with Crippen molar-refractivity contribution in [3.8, 4) is 0 Å². The van der Waals surface area contributed by atoms with Gasteiger partial charge >= 0.3 is 0 Å². The van der Waals surface area contributed by atoms with Gasteiger partial charge in [-0.25, -0.2) is 4.39 Å². The molecule has 1 fully saturated rings. The minimum Gasteiger partial charge on any atom is -0.372 e. The highest BCUT2D eigenvalue weighted by Crippen LogP contribution is 2.39. The van der Waals surface area contributed by atoms with Crippen LogP contribution >= 0.6 is 0 Å². The summed E-state index contributed by atoms with van der Waals surface area (Å²) in [6, 6.07) is 0. The molecule has 0 N–H and O–H groups in total. The van der Waals surface area contributed by atoms with Gasteiger partial charge in [0, 0.05) is 5.92 Å². The fourth-order valence-corrected chi connectivity index (χ4v) is 1.70. The summed E-state index contributed by atoms with van der Waals surface area (Å²) < 4.78 is 19.2. The Hall–Kier alpha value is -0.110. The highest BCUT2D eigenvalue weighted by Gasteiger charge is 2.48. The van der Waals surface area contributed by atoms with Crippen LogP contribution in [-0.2, 0) is 4.74 Å². The number of hydrogen-bond acceptors (Lipinski definition) is 1. The maximum Gasteiger partial charge on any atom is 0.139 e. The molecule has 0 aromatic rings. The first kappa shape index (κ1) is 8.98. The largest absolute Gasteiger partial charge is 0.372 e. The third-order valence-corrected chi connectivity index (χ3v) is 3.02. The van der Waals surface area contributed by atoms with E-state index in [-0.39, 0.29) is 18.1 Å². The van der Waals surface area contributed by atoms with Gasteiger partial charge in [-0.3, -0.25) is 0 Å². The van der Waals surface area contributed by atoms with Gasteiger partial charge in [-0.15, -0.1) is 0 Å². The second-order valence-electron chi connectivity index (χ2n) is 3.66. The highest BCUT2D eigenvalue weighted by molar-refractivity contribution is 4.96. The highest BCUT2D eigenvalue weighted by atomic mass is 19.1. The quantitative estimate of drug-likeness (QED) is 0.572. The first-order chi connectivity index (χ1) is 5.00. The predicted molar refractivity (Wildman–Crippen MR) is 43.3 cm³/mol. The Bertz CT molecular complexity index is 144. The van der Waals surface area contributed by atoms with E-state index in [0.29, 0.717) is 0 Å². The van der Waals surface area contributed by atoms with Gasteiger partial charge in [0.25, 0.3) is 0 Å². The SMILES string of the molecule is CC[C@H]1OC(C)[C@](C)(F)[C@@H]1C. The molecule has 1 heterocycles. The summed E-state index contributed by atoms with van der Waals surface area (Å²) in [5, 5.41) is 0. The Labute approximate surface area is 67.9 Å². The van der Waals surface area contributed by atoms with Crippen molar-refractivity contribution in [3.05, 3.63) is 0 Å². The molecule has 66 valence electrons. The van der Waals surface area contributed by atoms with Gasteiger partial charge in [-0.2, -0.15) is 0 Å². The maximum absolute atomic E-state index is 13.7. The van der Waals surface area contributed by atoms with Crippen molar-refractivity contribution in [2.24, 2.45) is 5.92 Å². The minimum atomic E-state index is -1.14. The minimum absolute atomic E-state index is 0.0301. The van der Waals surface area contributed by atoms with E-state index in [2.05, 4.69) is 0 Å². The molecule has 0 aromatic heterocycles. The molecule has 0 aromatic carbocycles. The van der Waals surface area contributed by atoms with E-state index in [1.54, 1.807) is 6.92 Å². The standard InChI is InChI=1S/C9H17FO/c1-5-8-6(2)9(4,10)7(3)11-8/h6-8H,5H2,1-4H3/t6-,7?,8-,9-/m1/s1. The first-order valence-corrected chi connectivity index (χ1v) is 4.34. The maximum atomic E-state index is 13.7. The normalized spacial score (nSPS) is 51.5. The molecule has 1 aliphatic rings. The number of rotatable bonds is 1. The second-order valence-corrected chi connectivity index (χ2v) is 3.66. The van der Waals surface area contributed by atoms with Gasteiger partial charge in [0.2, 0.25) is 0 Å². The van der Waals surface area contributed by atoms with Crippen LogP contribution in [0.5, 0.6) is 0 Å². The zero-order valence-electron chi connectivity index (χ0n) is 7.73. The van der Waals surface area contributed by atoms with Crippen LogP contribution in [0.2, 0.25) is 0 Å². The summed E-state index contributed by atoms with van der Waals surface area (Å²) in [6.45, 7) is 7.41. The summed E-state index contributed by atoms with van der Waals surface area (Å²) in [4.78, 5) is 0. The van der Waals surface area contributed by atoms with Crippen LogP contribution in [0.15, 0.2) is 0 Å². The van der Waals surface area contributed by atoms with Gasteiger partial charge in [0.15, 0.2) is 0 Å². The predicted octanol–water partition coefficient (Wildman–Crippen LogP) is 2.55. The Morgan fingerprint density at radius 1 is 1.45 bits per heavy atom. The third-order valence-electron chi connectivity index (χ3n) is 3.02. The molecule has 4 atom stereocenters. The number of alkyl halides is 1.